The Hall–Kier alpha value is -2.61. The van der Waals surface area contributed by atoms with Crippen molar-refractivity contribution in [3.05, 3.63) is 60.2 Å². The van der Waals surface area contributed by atoms with Crippen molar-refractivity contribution in [3.63, 3.8) is 0 Å². The number of anilines is 2. The topological polar surface area (TPSA) is 52.7 Å². The fourth-order valence-electron chi connectivity index (χ4n) is 3.10. The number of nitrogens with zero attached hydrogens (tertiary/aromatic N) is 2. The van der Waals surface area contributed by atoms with Crippen molar-refractivity contribution >= 4 is 35.0 Å². The van der Waals surface area contributed by atoms with Gasteiger partial charge < -0.3 is 15.1 Å². The monoisotopic (exact) mass is 419 g/mol. The fraction of sp³-hybridized carbons (Fsp3) is 0.333. The van der Waals surface area contributed by atoms with Gasteiger partial charge in [0.05, 0.1) is 11.0 Å². The number of thioether (sulfide) groups is 1. The van der Waals surface area contributed by atoms with Crippen LogP contribution >= 0.6 is 11.8 Å². The molecule has 5 nitrogen and oxygen atoms in total. The molecule has 0 aromatic heterocycles. The van der Waals surface area contributed by atoms with Gasteiger partial charge in [-0.1, -0.05) is 0 Å². The highest BCUT2D eigenvalue weighted by molar-refractivity contribution is 8.01. The van der Waals surface area contributed by atoms with Gasteiger partial charge in [-0.25, -0.2) is 8.78 Å². The Morgan fingerprint density at radius 1 is 0.966 bits per heavy atom. The van der Waals surface area contributed by atoms with Gasteiger partial charge in [-0.2, -0.15) is 0 Å². The van der Waals surface area contributed by atoms with Crippen molar-refractivity contribution in [2.45, 2.75) is 12.2 Å². The quantitative estimate of drug-likeness (QED) is 0.780. The van der Waals surface area contributed by atoms with Crippen LogP contribution in [-0.4, -0.2) is 53.9 Å². The molecular formula is C21H23F2N3O2S. The Morgan fingerprint density at radius 3 is 2.10 bits per heavy atom. The van der Waals surface area contributed by atoms with Crippen LogP contribution in [0.2, 0.25) is 0 Å². The summed E-state index contributed by atoms with van der Waals surface area (Å²) in [6.07, 6.45) is 0. The van der Waals surface area contributed by atoms with Gasteiger partial charge in [-0.15, -0.1) is 11.8 Å². The maximum absolute atomic E-state index is 13.1. The molecule has 1 saturated heterocycles. The second-order valence-electron chi connectivity index (χ2n) is 6.80. The molecule has 29 heavy (non-hydrogen) atoms. The zero-order chi connectivity index (χ0) is 20.8. The molecule has 0 radical (unpaired) electrons. The molecule has 1 heterocycles. The zero-order valence-corrected chi connectivity index (χ0v) is 16.9. The average molecular weight is 419 g/mol. The molecule has 154 valence electrons. The molecule has 0 saturated carbocycles. The Kier molecular flexibility index (Phi) is 7.09. The third kappa shape index (κ3) is 5.93. The summed E-state index contributed by atoms with van der Waals surface area (Å²) in [5, 5.41) is 2.34. The molecule has 0 aliphatic carbocycles. The molecular weight excluding hydrogens is 396 g/mol. The molecule has 0 bridgehead atoms. The minimum absolute atomic E-state index is 0.00309. The number of amides is 2. The van der Waals surface area contributed by atoms with E-state index in [1.54, 1.807) is 24.0 Å². The van der Waals surface area contributed by atoms with Crippen LogP contribution in [0.25, 0.3) is 0 Å². The molecule has 0 spiro atoms. The van der Waals surface area contributed by atoms with E-state index in [-0.39, 0.29) is 34.5 Å². The van der Waals surface area contributed by atoms with E-state index < -0.39 is 0 Å². The number of hydrogen-bond acceptors (Lipinski definition) is 4. The predicted molar refractivity (Wildman–Crippen MR) is 112 cm³/mol. The van der Waals surface area contributed by atoms with Gasteiger partial charge in [0.25, 0.3) is 0 Å². The summed E-state index contributed by atoms with van der Waals surface area (Å²) in [4.78, 5) is 28.6. The van der Waals surface area contributed by atoms with Crippen LogP contribution in [0.15, 0.2) is 48.5 Å². The average Bonchev–Trinajstić information content (AvgIpc) is 2.74. The van der Waals surface area contributed by atoms with E-state index in [2.05, 4.69) is 10.2 Å². The van der Waals surface area contributed by atoms with E-state index in [0.717, 1.165) is 5.69 Å². The lowest BCUT2D eigenvalue weighted by atomic mass is 10.2. The van der Waals surface area contributed by atoms with Gasteiger partial charge in [-0.3, -0.25) is 9.59 Å². The van der Waals surface area contributed by atoms with Gasteiger partial charge >= 0.3 is 0 Å². The van der Waals surface area contributed by atoms with Crippen molar-refractivity contribution in [3.8, 4) is 0 Å². The number of carbonyl (C=O) groups is 2. The summed E-state index contributed by atoms with van der Waals surface area (Å²) in [7, 11) is 0. The van der Waals surface area contributed by atoms with E-state index >= 15 is 0 Å². The second-order valence-corrected chi connectivity index (χ2v) is 8.13. The summed E-state index contributed by atoms with van der Waals surface area (Å²) < 4.78 is 26.0. The van der Waals surface area contributed by atoms with Crippen molar-refractivity contribution < 1.29 is 18.4 Å². The highest BCUT2D eigenvalue weighted by Crippen LogP contribution is 2.20. The lowest BCUT2D eigenvalue weighted by Crippen LogP contribution is -2.50. The molecule has 2 amide bonds. The highest BCUT2D eigenvalue weighted by Gasteiger charge is 2.25. The summed E-state index contributed by atoms with van der Waals surface area (Å²) in [5.74, 6) is -0.724. The van der Waals surface area contributed by atoms with Crippen molar-refractivity contribution in [1.82, 2.24) is 4.90 Å². The summed E-state index contributed by atoms with van der Waals surface area (Å²) in [6.45, 7) is 4.33. The maximum atomic E-state index is 13.1. The third-order valence-electron chi connectivity index (χ3n) is 4.72. The van der Waals surface area contributed by atoms with Gasteiger partial charge in [0.2, 0.25) is 11.8 Å². The Morgan fingerprint density at radius 2 is 1.52 bits per heavy atom. The second kappa shape index (κ2) is 9.73. The smallest absolute Gasteiger partial charge is 0.235 e. The highest BCUT2D eigenvalue weighted by atomic mass is 32.2. The van der Waals surface area contributed by atoms with Gasteiger partial charge in [0, 0.05) is 37.6 Å². The number of rotatable bonds is 6. The van der Waals surface area contributed by atoms with E-state index in [0.29, 0.717) is 31.9 Å². The van der Waals surface area contributed by atoms with Crippen LogP contribution in [0.5, 0.6) is 0 Å². The SMILES string of the molecule is CC(SCC(=O)Nc1ccc(F)cc1)C(=O)N1CCN(c2ccc(F)cc2)CC1. The van der Waals surface area contributed by atoms with Crippen LogP contribution in [0, 0.1) is 11.6 Å². The molecule has 1 aliphatic rings. The van der Waals surface area contributed by atoms with Gasteiger partial charge in [-0.05, 0) is 55.5 Å². The lowest BCUT2D eigenvalue weighted by Gasteiger charge is -2.37. The van der Waals surface area contributed by atoms with Crippen LogP contribution < -0.4 is 10.2 Å². The largest absolute Gasteiger partial charge is 0.368 e. The molecule has 1 aliphatic heterocycles. The Labute approximate surface area is 173 Å². The van der Waals surface area contributed by atoms with Gasteiger partial charge in [0.15, 0.2) is 0 Å². The van der Waals surface area contributed by atoms with Crippen molar-refractivity contribution in [2.24, 2.45) is 0 Å². The number of benzene rings is 2. The molecule has 2 aromatic carbocycles. The number of hydrogen-bond donors (Lipinski definition) is 1. The predicted octanol–water partition coefficient (Wildman–Crippen LogP) is 3.37. The molecule has 1 unspecified atom stereocenters. The first-order valence-electron chi connectivity index (χ1n) is 9.39. The Balaban J connectivity index is 1.42. The summed E-state index contributed by atoms with van der Waals surface area (Å²) in [6, 6.07) is 11.9. The first-order valence-corrected chi connectivity index (χ1v) is 10.4. The Bertz CT molecular complexity index is 838. The molecule has 8 heteroatoms. The van der Waals surface area contributed by atoms with Crippen LogP contribution in [0.3, 0.4) is 0 Å². The lowest BCUT2D eigenvalue weighted by molar-refractivity contribution is -0.130. The molecule has 1 N–H and O–H groups in total. The first kappa shape index (κ1) is 21.1. The number of carbonyl (C=O) groups excluding carboxylic acids is 2. The molecule has 3 rings (SSSR count). The van der Waals surface area contributed by atoms with Gasteiger partial charge in [0.1, 0.15) is 11.6 Å². The van der Waals surface area contributed by atoms with E-state index in [4.69, 9.17) is 0 Å². The minimum atomic E-state index is -0.365. The molecule has 2 aromatic rings. The standard InChI is InChI=1S/C21H23F2N3O2S/c1-15(29-14-20(27)24-18-6-2-16(22)3-7-18)21(28)26-12-10-25(11-13-26)19-8-4-17(23)5-9-19/h2-9,15H,10-14H2,1H3,(H,24,27). The van der Waals surface area contributed by atoms with Crippen LogP contribution in [-0.2, 0) is 9.59 Å². The van der Waals surface area contributed by atoms with E-state index in [1.165, 1.54) is 48.2 Å². The zero-order valence-electron chi connectivity index (χ0n) is 16.1. The molecule has 1 atom stereocenters. The minimum Gasteiger partial charge on any atom is -0.368 e. The molecule has 1 fully saturated rings. The summed E-state index contributed by atoms with van der Waals surface area (Å²) >= 11 is 1.27. The maximum Gasteiger partial charge on any atom is 0.235 e. The summed E-state index contributed by atoms with van der Waals surface area (Å²) in [5.41, 5.74) is 1.46. The first-order chi connectivity index (χ1) is 13.9. The number of halogens is 2. The number of nitrogens with one attached hydrogen (secondary N) is 1. The van der Waals surface area contributed by atoms with Crippen molar-refractivity contribution in [1.29, 1.82) is 0 Å². The number of piperazine rings is 1. The fourth-order valence-corrected chi connectivity index (χ4v) is 3.86. The normalized spacial score (nSPS) is 15.1. The van der Waals surface area contributed by atoms with Crippen molar-refractivity contribution in [2.75, 3.05) is 42.1 Å². The third-order valence-corrected chi connectivity index (χ3v) is 5.85. The van der Waals surface area contributed by atoms with E-state index in [9.17, 15) is 18.4 Å². The van der Waals surface area contributed by atoms with E-state index in [1.807, 2.05) is 0 Å². The van der Waals surface area contributed by atoms with Crippen LogP contribution in [0.4, 0.5) is 20.2 Å². The van der Waals surface area contributed by atoms with Crippen LogP contribution in [0.1, 0.15) is 6.92 Å².